The summed E-state index contributed by atoms with van der Waals surface area (Å²) in [4.78, 5) is 0. The zero-order valence-corrected chi connectivity index (χ0v) is 13.1. The number of hydrogen-bond acceptors (Lipinski definition) is 1. The molecule has 19 heavy (non-hydrogen) atoms. The average Bonchev–Trinajstić information content (AvgIpc) is 2.26. The molecule has 1 saturated carbocycles. The zero-order valence-electron chi connectivity index (χ0n) is 12.3. The quantitative estimate of drug-likeness (QED) is 0.843. The van der Waals surface area contributed by atoms with E-state index in [2.05, 4.69) is 38.2 Å². The fraction of sp³-hybridized carbons (Fsp3) is 0.647. The minimum atomic E-state index is 0.515. The number of benzene rings is 1. The molecule has 0 saturated heterocycles. The molecule has 2 rings (SSSR count). The number of halogens is 1. The van der Waals surface area contributed by atoms with E-state index in [-0.39, 0.29) is 0 Å². The van der Waals surface area contributed by atoms with Crippen molar-refractivity contribution in [2.45, 2.75) is 58.5 Å². The van der Waals surface area contributed by atoms with Crippen molar-refractivity contribution < 1.29 is 0 Å². The van der Waals surface area contributed by atoms with Crippen LogP contribution in [0.4, 0.5) is 0 Å². The van der Waals surface area contributed by atoms with Gasteiger partial charge in [-0.15, -0.1) is 0 Å². The standard InChI is InChI=1S/C17H26ClN/c1-12-7-13(2)9-17(8-12)19-14(3)10-15-5-4-6-16(18)11-15/h4-6,11-14,17,19H,7-10H2,1-3H3. The summed E-state index contributed by atoms with van der Waals surface area (Å²) in [5.74, 6) is 1.72. The SMILES string of the molecule is CC1CC(C)CC(NC(C)Cc2cccc(Cl)c2)C1. The third kappa shape index (κ3) is 4.81. The van der Waals surface area contributed by atoms with Crippen LogP contribution in [0.3, 0.4) is 0 Å². The lowest BCUT2D eigenvalue weighted by Crippen LogP contribution is -2.42. The van der Waals surface area contributed by atoms with Crippen LogP contribution in [0, 0.1) is 11.8 Å². The highest BCUT2D eigenvalue weighted by atomic mass is 35.5. The van der Waals surface area contributed by atoms with Crippen LogP contribution < -0.4 is 5.32 Å². The third-order valence-electron chi connectivity index (χ3n) is 4.13. The Kier molecular flexibility index (Phi) is 5.29. The van der Waals surface area contributed by atoms with E-state index < -0.39 is 0 Å². The van der Waals surface area contributed by atoms with Crippen LogP contribution in [0.2, 0.25) is 5.02 Å². The normalized spacial score (nSPS) is 29.2. The topological polar surface area (TPSA) is 12.0 Å². The largest absolute Gasteiger partial charge is 0.311 e. The lowest BCUT2D eigenvalue weighted by molar-refractivity contribution is 0.227. The van der Waals surface area contributed by atoms with Crippen LogP contribution in [0.25, 0.3) is 0 Å². The molecule has 3 atom stereocenters. The van der Waals surface area contributed by atoms with Gasteiger partial charge in [0.2, 0.25) is 0 Å². The highest BCUT2D eigenvalue weighted by Gasteiger charge is 2.24. The Morgan fingerprint density at radius 2 is 1.89 bits per heavy atom. The summed E-state index contributed by atoms with van der Waals surface area (Å²) in [7, 11) is 0. The van der Waals surface area contributed by atoms with E-state index in [0.29, 0.717) is 12.1 Å². The van der Waals surface area contributed by atoms with Gasteiger partial charge in [-0.1, -0.05) is 37.6 Å². The maximum Gasteiger partial charge on any atom is 0.0408 e. The molecule has 1 nitrogen and oxygen atoms in total. The van der Waals surface area contributed by atoms with Gasteiger partial charge in [-0.2, -0.15) is 0 Å². The summed E-state index contributed by atoms with van der Waals surface area (Å²) in [6.45, 7) is 7.04. The van der Waals surface area contributed by atoms with Crippen LogP contribution in [-0.2, 0) is 6.42 Å². The van der Waals surface area contributed by atoms with Gasteiger partial charge in [0.25, 0.3) is 0 Å². The molecule has 1 N–H and O–H groups in total. The van der Waals surface area contributed by atoms with Crippen LogP contribution in [0.1, 0.15) is 45.6 Å². The first-order chi connectivity index (χ1) is 9.02. The number of rotatable bonds is 4. The van der Waals surface area contributed by atoms with E-state index >= 15 is 0 Å². The van der Waals surface area contributed by atoms with Crippen molar-refractivity contribution in [2.75, 3.05) is 0 Å². The van der Waals surface area contributed by atoms with Crippen molar-refractivity contribution in [3.8, 4) is 0 Å². The summed E-state index contributed by atoms with van der Waals surface area (Å²) in [6.07, 6.45) is 5.09. The molecule has 0 radical (unpaired) electrons. The van der Waals surface area contributed by atoms with Crippen molar-refractivity contribution in [3.05, 3.63) is 34.9 Å². The van der Waals surface area contributed by atoms with Gasteiger partial charge in [-0.3, -0.25) is 0 Å². The first kappa shape index (κ1) is 14.9. The van der Waals surface area contributed by atoms with Crippen molar-refractivity contribution in [1.82, 2.24) is 5.32 Å². The second-order valence-corrected chi connectivity index (χ2v) is 6.95. The summed E-state index contributed by atoms with van der Waals surface area (Å²) in [5.41, 5.74) is 1.32. The predicted molar refractivity (Wildman–Crippen MR) is 83.7 cm³/mol. The molecule has 1 fully saturated rings. The fourth-order valence-electron chi connectivity index (χ4n) is 3.56. The van der Waals surface area contributed by atoms with Crippen molar-refractivity contribution in [1.29, 1.82) is 0 Å². The van der Waals surface area contributed by atoms with Crippen molar-refractivity contribution in [3.63, 3.8) is 0 Å². The van der Waals surface area contributed by atoms with E-state index in [4.69, 9.17) is 11.6 Å². The molecular formula is C17H26ClN. The first-order valence-electron chi connectivity index (χ1n) is 7.53. The first-order valence-corrected chi connectivity index (χ1v) is 7.91. The van der Waals surface area contributed by atoms with Crippen LogP contribution >= 0.6 is 11.6 Å². The van der Waals surface area contributed by atoms with Gasteiger partial charge in [0.15, 0.2) is 0 Å². The molecule has 2 heteroatoms. The van der Waals surface area contributed by atoms with Crippen molar-refractivity contribution in [2.24, 2.45) is 11.8 Å². The van der Waals surface area contributed by atoms with Gasteiger partial charge in [-0.05, 0) is 62.1 Å². The minimum Gasteiger partial charge on any atom is -0.311 e. The molecule has 1 aromatic carbocycles. The Bertz CT molecular complexity index is 394. The second-order valence-electron chi connectivity index (χ2n) is 6.52. The van der Waals surface area contributed by atoms with Gasteiger partial charge in [-0.25, -0.2) is 0 Å². The Hall–Kier alpha value is -0.530. The molecular weight excluding hydrogens is 254 g/mol. The molecule has 0 aromatic heterocycles. The molecule has 1 aliphatic rings. The van der Waals surface area contributed by atoms with Crippen LogP contribution in [0.15, 0.2) is 24.3 Å². The van der Waals surface area contributed by atoms with Gasteiger partial charge in [0.1, 0.15) is 0 Å². The lowest BCUT2D eigenvalue weighted by atomic mass is 9.80. The van der Waals surface area contributed by atoms with Gasteiger partial charge < -0.3 is 5.32 Å². The Morgan fingerprint density at radius 3 is 2.53 bits per heavy atom. The number of nitrogens with one attached hydrogen (secondary N) is 1. The monoisotopic (exact) mass is 279 g/mol. The van der Waals surface area contributed by atoms with Gasteiger partial charge in [0.05, 0.1) is 0 Å². The lowest BCUT2D eigenvalue weighted by Gasteiger charge is -2.34. The Morgan fingerprint density at radius 1 is 1.21 bits per heavy atom. The smallest absolute Gasteiger partial charge is 0.0408 e. The summed E-state index contributed by atoms with van der Waals surface area (Å²) < 4.78 is 0. The molecule has 1 aliphatic carbocycles. The van der Waals surface area contributed by atoms with E-state index in [1.54, 1.807) is 0 Å². The summed E-state index contributed by atoms with van der Waals surface area (Å²) in [5, 5.41) is 4.64. The maximum atomic E-state index is 6.04. The summed E-state index contributed by atoms with van der Waals surface area (Å²) >= 11 is 6.04. The average molecular weight is 280 g/mol. The molecule has 106 valence electrons. The van der Waals surface area contributed by atoms with Gasteiger partial charge >= 0.3 is 0 Å². The molecule has 3 unspecified atom stereocenters. The van der Waals surface area contributed by atoms with E-state index in [1.165, 1.54) is 24.8 Å². The Balaban J connectivity index is 1.85. The fourth-order valence-corrected chi connectivity index (χ4v) is 3.77. The molecule has 0 bridgehead atoms. The zero-order chi connectivity index (χ0) is 13.8. The van der Waals surface area contributed by atoms with E-state index in [1.807, 2.05) is 12.1 Å². The minimum absolute atomic E-state index is 0.515. The Labute approximate surface area is 122 Å². The highest BCUT2D eigenvalue weighted by Crippen LogP contribution is 2.28. The molecule has 0 spiro atoms. The third-order valence-corrected chi connectivity index (χ3v) is 4.36. The van der Waals surface area contributed by atoms with Crippen LogP contribution in [-0.4, -0.2) is 12.1 Å². The van der Waals surface area contributed by atoms with E-state index in [0.717, 1.165) is 23.3 Å². The molecule has 0 aliphatic heterocycles. The van der Waals surface area contributed by atoms with E-state index in [9.17, 15) is 0 Å². The summed E-state index contributed by atoms with van der Waals surface area (Å²) in [6, 6.07) is 9.42. The molecule has 0 heterocycles. The number of hydrogen-bond donors (Lipinski definition) is 1. The van der Waals surface area contributed by atoms with Crippen molar-refractivity contribution >= 4 is 11.6 Å². The molecule has 0 amide bonds. The second kappa shape index (κ2) is 6.76. The van der Waals surface area contributed by atoms with Crippen LogP contribution in [0.5, 0.6) is 0 Å². The highest BCUT2D eigenvalue weighted by molar-refractivity contribution is 6.30. The predicted octanol–water partition coefficient (Wildman–Crippen LogP) is 4.69. The molecule has 1 aromatic rings. The van der Waals surface area contributed by atoms with Gasteiger partial charge in [0, 0.05) is 17.1 Å². The maximum absolute atomic E-state index is 6.04.